The van der Waals surface area contributed by atoms with E-state index in [1.54, 1.807) is 12.5 Å². The molecule has 0 bridgehead atoms. The second-order valence-electron chi connectivity index (χ2n) is 6.80. The van der Waals surface area contributed by atoms with Gasteiger partial charge >= 0.3 is 0 Å². The Hall–Kier alpha value is -2.96. The van der Waals surface area contributed by atoms with E-state index in [2.05, 4.69) is 27.4 Å². The van der Waals surface area contributed by atoms with E-state index in [1.807, 2.05) is 45.6 Å². The Morgan fingerprint density at radius 1 is 1.27 bits per heavy atom. The molecule has 26 heavy (non-hydrogen) atoms. The maximum atomic E-state index is 12.9. The van der Waals surface area contributed by atoms with E-state index in [0.29, 0.717) is 18.7 Å². The summed E-state index contributed by atoms with van der Waals surface area (Å²) in [6, 6.07) is 10.1. The zero-order valence-electron chi connectivity index (χ0n) is 14.8. The summed E-state index contributed by atoms with van der Waals surface area (Å²) in [5, 5.41) is 12.5. The van der Waals surface area contributed by atoms with Crippen molar-refractivity contribution < 1.29 is 4.79 Å². The molecule has 0 saturated carbocycles. The molecule has 0 radical (unpaired) electrons. The van der Waals surface area contributed by atoms with Crippen LogP contribution in [0.5, 0.6) is 0 Å². The molecule has 1 atom stereocenters. The second kappa shape index (κ2) is 7.11. The summed E-state index contributed by atoms with van der Waals surface area (Å²) in [7, 11) is 1.95. The Bertz CT molecular complexity index is 884. The molecule has 2 aromatic heterocycles. The minimum atomic E-state index is 0.0381. The number of likely N-dealkylation sites (tertiary alicyclic amines) is 1. The lowest BCUT2D eigenvalue weighted by Crippen LogP contribution is -2.39. The number of piperidine rings is 1. The normalized spacial score (nSPS) is 17.4. The Labute approximate surface area is 152 Å². The van der Waals surface area contributed by atoms with Gasteiger partial charge in [-0.25, -0.2) is 0 Å². The Morgan fingerprint density at radius 2 is 2.12 bits per heavy atom. The number of benzene rings is 1. The van der Waals surface area contributed by atoms with Gasteiger partial charge in [0.1, 0.15) is 12.2 Å². The lowest BCUT2D eigenvalue weighted by Gasteiger charge is -2.31. The lowest BCUT2D eigenvalue weighted by atomic mass is 9.97. The minimum absolute atomic E-state index is 0.0381. The molecule has 134 valence electrons. The first-order chi connectivity index (χ1) is 12.7. The van der Waals surface area contributed by atoms with Gasteiger partial charge in [-0.2, -0.15) is 5.10 Å². The van der Waals surface area contributed by atoms with Crippen LogP contribution in [-0.2, 0) is 13.6 Å². The molecule has 1 fully saturated rings. The largest absolute Gasteiger partial charge is 0.338 e. The second-order valence-corrected chi connectivity index (χ2v) is 6.80. The highest BCUT2D eigenvalue weighted by Crippen LogP contribution is 2.26. The van der Waals surface area contributed by atoms with Crippen molar-refractivity contribution in [2.75, 3.05) is 13.1 Å². The van der Waals surface area contributed by atoms with Crippen molar-refractivity contribution in [2.24, 2.45) is 7.05 Å². The predicted molar refractivity (Wildman–Crippen MR) is 96.7 cm³/mol. The van der Waals surface area contributed by atoms with E-state index >= 15 is 0 Å². The maximum absolute atomic E-state index is 12.9. The number of hydrogen-bond acceptors (Lipinski definition) is 4. The fourth-order valence-corrected chi connectivity index (χ4v) is 3.55. The van der Waals surface area contributed by atoms with Gasteiger partial charge in [-0.3, -0.25) is 9.48 Å². The molecular weight excluding hydrogens is 328 g/mol. The van der Waals surface area contributed by atoms with Gasteiger partial charge < -0.3 is 9.47 Å². The molecule has 0 aliphatic carbocycles. The highest BCUT2D eigenvalue weighted by Gasteiger charge is 2.28. The average molecular weight is 350 g/mol. The molecule has 7 nitrogen and oxygen atoms in total. The summed E-state index contributed by atoms with van der Waals surface area (Å²) >= 11 is 0. The maximum Gasteiger partial charge on any atom is 0.257 e. The Kier molecular flexibility index (Phi) is 4.51. The van der Waals surface area contributed by atoms with E-state index in [4.69, 9.17) is 0 Å². The van der Waals surface area contributed by atoms with Crippen LogP contribution in [0.1, 0.15) is 40.5 Å². The van der Waals surface area contributed by atoms with Crippen molar-refractivity contribution >= 4 is 5.91 Å². The van der Waals surface area contributed by atoms with E-state index < -0.39 is 0 Å². The van der Waals surface area contributed by atoms with Crippen molar-refractivity contribution in [1.29, 1.82) is 0 Å². The number of carbonyl (C=O) groups is 1. The van der Waals surface area contributed by atoms with Gasteiger partial charge in [-0.1, -0.05) is 30.3 Å². The van der Waals surface area contributed by atoms with Crippen molar-refractivity contribution in [3.8, 4) is 0 Å². The lowest BCUT2D eigenvalue weighted by molar-refractivity contribution is 0.0703. The van der Waals surface area contributed by atoms with Crippen LogP contribution >= 0.6 is 0 Å². The van der Waals surface area contributed by atoms with Crippen molar-refractivity contribution in [3.05, 3.63) is 66.0 Å². The van der Waals surface area contributed by atoms with E-state index in [9.17, 15) is 4.79 Å². The topological polar surface area (TPSA) is 68.8 Å². The number of amides is 1. The monoisotopic (exact) mass is 350 g/mol. The molecular formula is C19H22N6O. The van der Waals surface area contributed by atoms with Gasteiger partial charge in [0.25, 0.3) is 5.91 Å². The van der Waals surface area contributed by atoms with Crippen LogP contribution in [0.4, 0.5) is 0 Å². The molecule has 4 rings (SSSR count). The summed E-state index contributed by atoms with van der Waals surface area (Å²) in [6.45, 7) is 2.11. The number of aromatic nitrogens is 5. The Balaban J connectivity index is 1.45. The quantitative estimate of drug-likeness (QED) is 0.722. The smallest absolute Gasteiger partial charge is 0.257 e. The van der Waals surface area contributed by atoms with Crippen LogP contribution in [0.3, 0.4) is 0 Å². The molecule has 0 spiro atoms. The van der Waals surface area contributed by atoms with Gasteiger partial charge in [-0.05, 0) is 18.4 Å². The fourth-order valence-electron chi connectivity index (χ4n) is 3.55. The molecule has 1 amide bonds. The number of rotatable bonds is 4. The molecule has 1 aliphatic heterocycles. The van der Waals surface area contributed by atoms with E-state index in [0.717, 1.165) is 30.8 Å². The number of aryl methyl sites for hydroxylation is 1. The summed E-state index contributed by atoms with van der Waals surface area (Å²) in [5.74, 6) is 1.22. The van der Waals surface area contributed by atoms with Crippen LogP contribution in [-0.4, -0.2) is 48.4 Å². The van der Waals surface area contributed by atoms with Gasteiger partial charge in [0.05, 0.1) is 18.3 Å². The summed E-state index contributed by atoms with van der Waals surface area (Å²) < 4.78 is 3.75. The van der Waals surface area contributed by atoms with Gasteiger partial charge in [0.15, 0.2) is 0 Å². The van der Waals surface area contributed by atoms with Crippen molar-refractivity contribution in [1.82, 2.24) is 29.4 Å². The fraction of sp³-hybridized carbons (Fsp3) is 0.368. The minimum Gasteiger partial charge on any atom is -0.338 e. The molecule has 3 aromatic rings. The molecule has 7 heteroatoms. The molecule has 1 aromatic carbocycles. The zero-order chi connectivity index (χ0) is 17.9. The average Bonchev–Trinajstić information content (AvgIpc) is 3.31. The van der Waals surface area contributed by atoms with Gasteiger partial charge in [-0.15, -0.1) is 10.2 Å². The van der Waals surface area contributed by atoms with Crippen LogP contribution in [0.15, 0.2) is 49.1 Å². The van der Waals surface area contributed by atoms with Crippen LogP contribution in [0, 0.1) is 0 Å². The highest BCUT2D eigenvalue weighted by atomic mass is 16.2. The zero-order valence-corrected chi connectivity index (χ0v) is 14.8. The van der Waals surface area contributed by atoms with Crippen LogP contribution < -0.4 is 0 Å². The molecule has 3 heterocycles. The first-order valence-corrected chi connectivity index (χ1v) is 8.90. The standard InChI is InChI=1S/C19H22N6O/c1-23-14-20-22-18(23)16-8-5-9-24(12-16)19(26)17-10-21-25(13-17)11-15-6-3-2-4-7-15/h2-4,6-7,10,13-14,16H,5,8-9,11-12H2,1H3. The number of hydrogen-bond donors (Lipinski definition) is 0. The van der Waals surface area contributed by atoms with E-state index in [-0.39, 0.29) is 11.8 Å². The molecule has 0 N–H and O–H groups in total. The highest BCUT2D eigenvalue weighted by molar-refractivity contribution is 5.93. The summed E-state index contributed by atoms with van der Waals surface area (Å²) in [5.41, 5.74) is 1.80. The summed E-state index contributed by atoms with van der Waals surface area (Å²) in [6.07, 6.45) is 7.22. The first-order valence-electron chi connectivity index (χ1n) is 8.90. The van der Waals surface area contributed by atoms with Crippen LogP contribution in [0.25, 0.3) is 0 Å². The van der Waals surface area contributed by atoms with Crippen molar-refractivity contribution in [2.45, 2.75) is 25.3 Å². The molecule has 1 saturated heterocycles. The van der Waals surface area contributed by atoms with Gasteiger partial charge in [0, 0.05) is 32.3 Å². The SMILES string of the molecule is Cn1cnnc1C1CCCN(C(=O)c2cnn(Cc3ccccc3)c2)C1. The molecule has 1 unspecified atom stereocenters. The number of carbonyl (C=O) groups excluding carboxylic acids is 1. The third kappa shape index (κ3) is 3.37. The first kappa shape index (κ1) is 16.5. The van der Waals surface area contributed by atoms with E-state index in [1.165, 1.54) is 0 Å². The van der Waals surface area contributed by atoms with Crippen LogP contribution in [0.2, 0.25) is 0 Å². The predicted octanol–water partition coefficient (Wildman–Crippen LogP) is 2.08. The Morgan fingerprint density at radius 3 is 2.88 bits per heavy atom. The third-order valence-electron chi connectivity index (χ3n) is 4.89. The van der Waals surface area contributed by atoms with Crippen molar-refractivity contribution in [3.63, 3.8) is 0 Å². The number of nitrogens with zero attached hydrogens (tertiary/aromatic N) is 6. The third-order valence-corrected chi connectivity index (χ3v) is 4.89. The molecule has 1 aliphatic rings. The summed E-state index contributed by atoms with van der Waals surface area (Å²) in [4.78, 5) is 14.8. The van der Waals surface area contributed by atoms with Gasteiger partial charge in [0.2, 0.25) is 0 Å².